The van der Waals surface area contributed by atoms with E-state index < -0.39 is 11.6 Å². The van der Waals surface area contributed by atoms with E-state index in [-0.39, 0.29) is 17.9 Å². The molecular weight excluding hydrogens is 262 g/mol. The molecule has 20 heavy (non-hydrogen) atoms. The fourth-order valence-electron chi connectivity index (χ4n) is 2.42. The Balaban J connectivity index is 1.88. The predicted octanol–water partition coefficient (Wildman–Crippen LogP) is 2.10. The number of pyridine rings is 1. The summed E-state index contributed by atoms with van der Waals surface area (Å²) >= 11 is 0. The van der Waals surface area contributed by atoms with Crippen LogP contribution in [0.25, 0.3) is 0 Å². The molecule has 0 bridgehead atoms. The molecule has 1 N–H and O–H groups in total. The van der Waals surface area contributed by atoms with Crippen LogP contribution < -0.4 is 9.88 Å². The second-order valence-electron chi connectivity index (χ2n) is 4.73. The van der Waals surface area contributed by atoms with Crippen molar-refractivity contribution in [3.8, 4) is 0 Å². The number of hydrogen-bond donors (Lipinski definition) is 1. The van der Waals surface area contributed by atoms with E-state index in [0.717, 1.165) is 36.5 Å². The molecule has 0 saturated carbocycles. The highest BCUT2D eigenvalue weighted by molar-refractivity contribution is 5.95. The van der Waals surface area contributed by atoms with Gasteiger partial charge >= 0.3 is 0 Å². The van der Waals surface area contributed by atoms with Crippen LogP contribution >= 0.6 is 0 Å². The molecule has 0 spiro atoms. The van der Waals surface area contributed by atoms with Crippen molar-refractivity contribution in [2.75, 3.05) is 11.9 Å². The molecule has 0 aliphatic carbocycles. The van der Waals surface area contributed by atoms with Crippen molar-refractivity contribution in [3.63, 3.8) is 0 Å². The van der Waals surface area contributed by atoms with E-state index in [9.17, 15) is 13.6 Å². The van der Waals surface area contributed by atoms with Gasteiger partial charge in [0.1, 0.15) is 11.6 Å². The number of Topliss-reactive ketones (excluding diaryl/α,β-unsaturated/α-hetero) is 1. The molecule has 102 valence electrons. The molecular formula is C15H13F2N2O+. The van der Waals surface area contributed by atoms with Crippen LogP contribution in [0.3, 0.4) is 0 Å². The maximum absolute atomic E-state index is 13.6. The van der Waals surface area contributed by atoms with E-state index >= 15 is 0 Å². The van der Waals surface area contributed by atoms with E-state index in [4.69, 9.17) is 0 Å². The minimum atomic E-state index is -0.823. The zero-order valence-corrected chi connectivity index (χ0v) is 10.7. The molecule has 2 heterocycles. The van der Waals surface area contributed by atoms with E-state index in [1.807, 2.05) is 12.1 Å². The standard InChI is InChI=1S/C15H12F2N2O/c16-11-3-4-12(13(17)8-11)14(20)9-19-7-1-2-10-5-6-18-15(10)19/h1-4,7-8H,5-6,9H2/p+1. The first-order valence-corrected chi connectivity index (χ1v) is 6.38. The van der Waals surface area contributed by atoms with Crippen LogP contribution in [-0.2, 0) is 13.0 Å². The predicted molar refractivity (Wildman–Crippen MR) is 69.5 cm³/mol. The Bertz CT molecular complexity index is 686. The molecule has 3 nitrogen and oxygen atoms in total. The highest BCUT2D eigenvalue weighted by Crippen LogP contribution is 2.17. The first kappa shape index (κ1) is 12.7. The molecule has 0 unspecified atom stereocenters. The Morgan fingerprint density at radius 3 is 2.95 bits per heavy atom. The fourth-order valence-corrected chi connectivity index (χ4v) is 2.42. The molecule has 5 heteroatoms. The van der Waals surface area contributed by atoms with Crippen molar-refractivity contribution in [1.82, 2.24) is 0 Å². The van der Waals surface area contributed by atoms with Crippen LogP contribution in [0, 0.1) is 11.6 Å². The summed E-state index contributed by atoms with van der Waals surface area (Å²) in [6.45, 7) is 0.858. The molecule has 0 radical (unpaired) electrons. The average Bonchev–Trinajstić information content (AvgIpc) is 2.87. The van der Waals surface area contributed by atoms with Crippen molar-refractivity contribution in [1.29, 1.82) is 0 Å². The molecule has 1 aromatic carbocycles. The third kappa shape index (κ3) is 2.27. The third-order valence-corrected chi connectivity index (χ3v) is 3.39. The second kappa shape index (κ2) is 5.00. The summed E-state index contributed by atoms with van der Waals surface area (Å²) in [5, 5.41) is 3.21. The maximum atomic E-state index is 13.6. The largest absolute Gasteiger partial charge is 0.290 e. The van der Waals surface area contributed by atoms with Crippen LogP contribution in [0.5, 0.6) is 0 Å². The number of aromatic nitrogens is 1. The molecule has 0 atom stereocenters. The van der Waals surface area contributed by atoms with Crippen molar-refractivity contribution >= 4 is 11.6 Å². The van der Waals surface area contributed by atoms with Gasteiger partial charge in [-0.2, -0.15) is 0 Å². The van der Waals surface area contributed by atoms with Gasteiger partial charge in [-0.25, -0.2) is 13.3 Å². The molecule has 3 rings (SSSR count). The first-order valence-electron chi connectivity index (χ1n) is 6.38. The molecule has 1 aliphatic heterocycles. The second-order valence-corrected chi connectivity index (χ2v) is 4.73. The number of fused-ring (bicyclic) bond motifs is 1. The molecule has 2 aromatic rings. The van der Waals surface area contributed by atoms with Gasteiger partial charge in [0.15, 0.2) is 6.54 Å². The molecule has 1 aliphatic rings. The van der Waals surface area contributed by atoms with Gasteiger partial charge in [0.05, 0.1) is 18.3 Å². The average molecular weight is 275 g/mol. The number of benzene rings is 1. The zero-order valence-electron chi connectivity index (χ0n) is 10.7. The van der Waals surface area contributed by atoms with Gasteiger partial charge in [-0.05, 0) is 24.3 Å². The summed E-state index contributed by atoms with van der Waals surface area (Å²) in [6.07, 6.45) is 2.69. The number of ketones is 1. The Kier molecular flexibility index (Phi) is 3.18. The quantitative estimate of drug-likeness (QED) is 0.687. The van der Waals surface area contributed by atoms with Crippen molar-refractivity contribution in [2.45, 2.75) is 13.0 Å². The number of halogens is 2. The fraction of sp³-hybridized carbons (Fsp3) is 0.200. The number of nitrogens with one attached hydrogen (secondary N) is 1. The number of nitrogens with zero attached hydrogens (tertiary/aromatic N) is 1. The summed E-state index contributed by atoms with van der Waals surface area (Å²) in [6, 6.07) is 6.86. The highest BCUT2D eigenvalue weighted by Gasteiger charge is 2.23. The van der Waals surface area contributed by atoms with E-state index in [1.54, 1.807) is 10.8 Å². The molecule has 1 aromatic heterocycles. The zero-order chi connectivity index (χ0) is 14.1. The summed E-state index contributed by atoms with van der Waals surface area (Å²) in [5.74, 6) is -0.997. The van der Waals surface area contributed by atoms with Crippen molar-refractivity contribution in [2.24, 2.45) is 0 Å². The summed E-state index contributed by atoms with van der Waals surface area (Å²) < 4.78 is 28.2. The number of carbonyl (C=O) groups excluding carboxylic acids is 1. The first-order chi connectivity index (χ1) is 9.65. The minimum absolute atomic E-state index is 0.0265. The van der Waals surface area contributed by atoms with Gasteiger partial charge < -0.3 is 0 Å². The van der Waals surface area contributed by atoms with Crippen LogP contribution in [0.1, 0.15) is 15.9 Å². The number of carbonyl (C=O) groups is 1. The van der Waals surface area contributed by atoms with Gasteiger partial charge in [0.25, 0.3) is 5.82 Å². The lowest BCUT2D eigenvalue weighted by molar-refractivity contribution is -0.669. The van der Waals surface area contributed by atoms with Crippen LogP contribution in [0.2, 0.25) is 0 Å². The highest BCUT2D eigenvalue weighted by atomic mass is 19.1. The summed E-state index contributed by atoms with van der Waals surface area (Å²) in [5.41, 5.74) is 1.05. The van der Waals surface area contributed by atoms with Crippen LogP contribution in [0.15, 0.2) is 36.5 Å². The Labute approximate surface area is 114 Å². The van der Waals surface area contributed by atoms with Crippen LogP contribution in [0.4, 0.5) is 14.6 Å². The molecule has 0 saturated heterocycles. The van der Waals surface area contributed by atoms with E-state index in [2.05, 4.69) is 5.32 Å². The third-order valence-electron chi connectivity index (χ3n) is 3.39. The number of anilines is 1. The topological polar surface area (TPSA) is 33.0 Å². The lowest BCUT2D eigenvalue weighted by atomic mass is 10.1. The van der Waals surface area contributed by atoms with Gasteiger partial charge in [-0.15, -0.1) is 0 Å². The maximum Gasteiger partial charge on any atom is 0.278 e. The van der Waals surface area contributed by atoms with Crippen LogP contribution in [-0.4, -0.2) is 12.3 Å². The van der Waals surface area contributed by atoms with Gasteiger partial charge in [0, 0.05) is 18.1 Å². The van der Waals surface area contributed by atoms with Gasteiger partial charge in [-0.1, -0.05) is 0 Å². The molecule has 0 fully saturated rings. The normalized spacial score (nSPS) is 12.9. The van der Waals surface area contributed by atoms with E-state index in [0.29, 0.717) is 0 Å². The van der Waals surface area contributed by atoms with Gasteiger partial charge in [-0.3, -0.25) is 10.1 Å². The lowest BCUT2D eigenvalue weighted by Crippen LogP contribution is -2.40. The Hall–Kier alpha value is -2.30. The van der Waals surface area contributed by atoms with Gasteiger partial charge in [0.2, 0.25) is 5.78 Å². The Morgan fingerprint density at radius 2 is 2.15 bits per heavy atom. The smallest absolute Gasteiger partial charge is 0.278 e. The number of hydrogen-bond acceptors (Lipinski definition) is 2. The monoisotopic (exact) mass is 275 g/mol. The van der Waals surface area contributed by atoms with Crippen molar-refractivity contribution < 1.29 is 18.1 Å². The SMILES string of the molecule is O=C(C[n+]1cccc2c1NCC2)c1ccc(F)cc1F. The van der Waals surface area contributed by atoms with E-state index in [1.165, 1.54) is 6.07 Å². The minimum Gasteiger partial charge on any atom is -0.290 e. The Morgan fingerprint density at radius 1 is 1.30 bits per heavy atom. The summed E-state index contributed by atoms with van der Waals surface area (Å²) in [4.78, 5) is 12.1. The van der Waals surface area contributed by atoms with Crippen molar-refractivity contribution in [3.05, 3.63) is 59.3 Å². The lowest BCUT2D eigenvalue weighted by Gasteiger charge is -2.05. The molecule has 0 amide bonds. The number of rotatable bonds is 3. The summed E-state index contributed by atoms with van der Waals surface area (Å²) in [7, 11) is 0.